The van der Waals surface area contributed by atoms with Crippen molar-refractivity contribution in [3.63, 3.8) is 0 Å². The summed E-state index contributed by atoms with van der Waals surface area (Å²) >= 11 is 0. The molecular formula is C67H108NO8P. The zero-order valence-corrected chi connectivity index (χ0v) is 49.3. The average Bonchev–Trinajstić information content (AvgIpc) is 3.42. The van der Waals surface area contributed by atoms with Crippen LogP contribution in [0.2, 0.25) is 0 Å². The predicted molar refractivity (Wildman–Crippen MR) is 330 cm³/mol. The highest BCUT2D eigenvalue weighted by atomic mass is 31.2. The van der Waals surface area contributed by atoms with Gasteiger partial charge in [0, 0.05) is 19.4 Å². The Morgan fingerprint density at radius 2 is 0.675 bits per heavy atom. The highest BCUT2D eigenvalue weighted by Gasteiger charge is 2.26. The van der Waals surface area contributed by atoms with Crippen molar-refractivity contribution in [2.45, 2.75) is 225 Å². The Balaban J connectivity index is 4.08. The second-order valence-electron chi connectivity index (χ2n) is 19.1. The Hall–Kier alpha value is -4.37. The third kappa shape index (κ3) is 60.7. The van der Waals surface area contributed by atoms with Gasteiger partial charge in [-0.05, 0) is 122 Å². The minimum absolute atomic E-state index is 0.0408. The second kappa shape index (κ2) is 60.9. The van der Waals surface area contributed by atoms with E-state index in [1.807, 2.05) is 0 Å². The number of hydrogen-bond acceptors (Lipinski definition) is 8. The number of unbranched alkanes of at least 4 members (excludes halogenated alkanes) is 15. The lowest BCUT2D eigenvalue weighted by Crippen LogP contribution is -2.29. The van der Waals surface area contributed by atoms with E-state index in [0.29, 0.717) is 12.8 Å². The summed E-state index contributed by atoms with van der Waals surface area (Å²) < 4.78 is 33.0. The number of esters is 2. The van der Waals surface area contributed by atoms with Crippen LogP contribution >= 0.6 is 7.82 Å². The summed E-state index contributed by atoms with van der Waals surface area (Å²) in [5.41, 5.74) is 5.38. The molecular weight excluding hydrogens is 978 g/mol. The lowest BCUT2D eigenvalue weighted by molar-refractivity contribution is -0.161. The van der Waals surface area contributed by atoms with Crippen LogP contribution in [0.3, 0.4) is 0 Å². The molecule has 2 unspecified atom stereocenters. The van der Waals surface area contributed by atoms with Crippen molar-refractivity contribution < 1.29 is 37.6 Å². The lowest BCUT2D eigenvalue weighted by atomic mass is 10.1. The first-order valence-corrected chi connectivity index (χ1v) is 31.5. The lowest BCUT2D eigenvalue weighted by Gasteiger charge is -2.19. The molecule has 434 valence electrons. The highest BCUT2D eigenvalue weighted by Crippen LogP contribution is 2.43. The minimum atomic E-state index is -4.41. The van der Waals surface area contributed by atoms with Gasteiger partial charge in [-0.25, -0.2) is 4.57 Å². The van der Waals surface area contributed by atoms with E-state index in [1.165, 1.54) is 32.1 Å². The van der Waals surface area contributed by atoms with Gasteiger partial charge in [0.05, 0.1) is 13.2 Å². The van der Waals surface area contributed by atoms with Gasteiger partial charge in [-0.2, -0.15) is 0 Å². The van der Waals surface area contributed by atoms with Gasteiger partial charge in [0.15, 0.2) is 6.10 Å². The zero-order valence-electron chi connectivity index (χ0n) is 48.4. The molecule has 9 nitrogen and oxygen atoms in total. The van der Waals surface area contributed by atoms with Crippen LogP contribution in [0.25, 0.3) is 0 Å². The third-order valence-electron chi connectivity index (χ3n) is 11.9. The number of ether oxygens (including phenoxy) is 2. The molecule has 0 heterocycles. The summed E-state index contributed by atoms with van der Waals surface area (Å²) in [7, 11) is -4.41. The van der Waals surface area contributed by atoms with Crippen LogP contribution in [0.15, 0.2) is 158 Å². The van der Waals surface area contributed by atoms with Crippen molar-refractivity contribution in [1.82, 2.24) is 0 Å². The van der Waals surface area contributed by atoms with Gasteiger partial charge in [0.25, 0.3) is 0 Å². The van der Waals surface area contributed by atoms with E-state index in [4.69, 9.17) is 24.3 Å². The van der Waals surface area contributed by atoms with Gasteiger partial charge in [0.1, 0.15) is 6.61 Å². The van der Waals surface area contributed by atoms with Crippen molar-refractivity contribution >= 4 is 19.8 Å². The molecule has 10 heteroatoms. The van der Waals surface area contributed by atoms with Crippen LogP contribution in [0.4, 0.5) is 0 Å². The Morgan fingerprint density at radius 3 is 1.00 bits per heavy atom. The molecule has 3 N–H and O–H groups in total. The van der Waals surface area contributed by atoms with Crippen LogP contribution < -0.4 is 5.73 Å². The van der Waals surface area contributed by atoms with Crippen molar-refractivity contribution in [1.29, 1.82) is 0 Å². The van der Waals surface area contributed by atoms with E-state index in [0.717, 1.165) is 148 Å². The van der Waals surface area contributed by atoms with Gasteiger partial charge < -0.3 is 20.1 Å². The number of hydrogen-bond donors (Lipinski definition) is 2. The first-order chi connectivity index (χ1) is 37.8. The summed E-state index contributed by atoms with van der Waals surface area (Å²) in [6.45, 7) is 3.47. The SMILES string of the molecule is CC/C=C\C/C=C\C/C=C\C/C=C\C/C=C\C/C=C\C/C=C\C/C=C\CCCCCCCCC(=O)OC(COC(=O)CCCCCCCCCCC/C=C\C/C=C\C/C=C\C/C=C\C/C=C\CC)COP(=O)(O)OCCN. The maximum Gasteiger partial charge on any atom is 0.472 e. The Bertz CT molecular complexity index is 1810. The molecule has 0 aromatic heterocycles. The molecule has 0 aliphatic rings. The fourth-order valence-electron chi connectivity index (χ4n) is 7.56. The number of carbonyl (C=O) groups excluding carboxylic acids is 2. The van der Waals surface area contributed by atoms with E-state index in [-0.39, 0.29) is 32.6 Å². The molecule has 0 aliphatic heterocycles. The van der Waals surface area contributed by atoms with Crippen LogP contribution in [0, 0.1) is 0 Å². The van der Waals surface area contributed by atoms with E-state index in [1.54, 1.807) is 0 Å². The Labute approximate surface area is 470 Å². The fourth-order valence-corrected chi connectivity index (χ4v) is 8.32. The Morgan fingerprint density at radius 1 is 0.390 bits per heavy atom. The van der Waals surface area contributed by atoms with Gasteiger partial charge >= 0.3 is 19.8 Å². The first kappa shape index (κ1) is 72.6. The molecule has 0 bridgehead atoms. The Kier molecular flexibility index (Phi) is 57.4. The first-order valence-electron chi connectivity index (χ1n) is 30.0. The summed E-state index contributed by atoms with van der Waals surface area (Å²) in [6.07, 6.45) is 88.6. The number of allylic oxidation sites excluding steroid dienone is 26. The van der Waals surface area contributed by atoms with Crippen LogP contribution in [-0.2, 0) is 32.7 Å². The van der Waals surface area contributed by atoms with Gasteiger partial charge in [-0.1, -0.05) is 242 Å². The van der Waals surface area contributed by atoms with Crippen LogP contribution in [0.5, 0.6) is 0 Å². The van der Waals surface area contributed by atoms with Crippen LogP contribution in [0.1, 0.15) is 219 Å². The van der Waals surface area contributed by atoms with E-state index in [2.05, 4.69) is 172 Å². The van der Waals surface area contributed by atoms with Crippen LogP contribution in [-0.4, -0.2) is 49.3 Å². The molecule has 0 amide bonds. The molecule has 0 fully saturated rings. The molecule has 0 aromatic carbocycles. The monoisotopic (exact) mass is 1090 g/mol. The van der Waals surface area contributed by atoms with Gasteiger partial charge in [-0.3, -0.25) is 18.6 Å². The van der Waals surface area contributed by atoms with Gasteiger partial charge in [-0.15, -0.1) is 0 Å². The quantitative estimate of drug-likeness (QED) is 0.0264. The van der Waals surface area contributed by atoms with Crippen molar-refractivity contribution in [2.24, 2.45) is 5.73 Å². The molecule has 2 atom stereocenters. The van der Waals surface area contributed by atoms with E-state index >= 15 is 0 Å². The summed E-state index contributed by atoms with van der Waals surface area (Å²) in [5, 5.41) is 0. The minimum Gasteiger partial charge on any atom is -0.462 e. The van der Waals surface area contributed by atoms with E-state index in [9.17, 15) is 19.0 Å². The predicted octanol–water partition coefficient (Wildman–Crippen LogP) is 19.3. The molecule has 0 radical (unpaired) electrons. The number of phosphoric acid groups is 1. The largest absolute Gasteiger partial charge is 0.472 e. The molecule has 0 spiro atoms. The molecule has 0 aliphatic carbocycles. The average molecular weight is 1090 g/mol. The molecule has 0 rings (SSSR count). The van der Waals surface area contributed by atoms with Crippen molar-refractivity contribution in [3.05, 3.63) is 158 Å². The third-order valence-corrected chi connectivity index (χ3v) is 12.9. The maximum absolute atomic E-state index is 12.7. The topological polar surface area (TPSA) is 134 Å². The normalized spacial score (nSPS) is 14.2. The number of carbonyl (C=O) groups is 2. The number of rotatable bonds is 54. The zero-order chi connectivity index (χ0) is 55.9. The molecule has 77 heavy (non-hydrogen) atoms. The van der Waals surface area contributed by atoms with E-state index < -0.39 is 32.5 Å². The maximum atomic E-state index is 12.7. The summed E-state index contributed by atoms with van der Waals surface area (Å²) in [5.74, 6) is -0.864. The number of nitrogens with two attached hydrogens (primary N) is 1. The van der Waals surface area contributed by atoms with Crippen molar-refractivity contribution in [3.8, 4) is 0 Å². The smallest absolute Gasteiger partial charge is 0.462 e. The highest BCUT2D eigenvalue weighted by molar-refractivity contribution is 7.47. The van der Waals surface area contributed by atoms with Crippen molar-refractivity contribution in [2.75, 3.05) is 26.4 Å². The summed E-state index contributed by atoms with van der Waals surface area (Å²) in [4.78, 5) is 35.2. The molecule has 0 aromatic rings. The molecule has 0 saturated carbocycles. The van der Waals surface area contributed by atoms with Gasteiger partial charge in [0.2, 0.25) is 0 Å². The standard InChI is InChI=1S/C67H108NO8P/c1-3-5-7-9-11-13-15-17-19-21-23-25-27-29-30-31-32-33-34-36-38-40-42-44-46-48-50-52-54-56-58-60-67(70)76-65(64-75-77(71,72)74-62-61-68)63-73-66(69)59-57-55-53-51-49-47-45-43-41-39-37-35-28-26-24-22-20-18-16-14-12-10-8-6-4-2/h5-8,11-14,17-20,23-26,29-30,32-33,35-38,42,44,65H,3-4,9-10,15-16,21-22,27-28,31,34,39-41,43,45-64,68H2,1-2H3,(H,71,72)/b7-5-,8-6-,13-11-,14-12-,19-17-,20-18-,25-23-,26-24-,30-29-,33-32-,37-35-,38-36-,44-42-. The fraction of sp³-hybridized carbons (Fsp3) is 0.582. The number of phosphoric ester groups is 1. The summed E-state index contributed by atoms with van der Waals surface area (Å²) in [6, 6.07) is 0. The molecule has 0 saturated heterocycles. The second-order valence-corrected chi connectivity index (χ2v) is 20.6.